The fourth-order valence-electron chi connectivity index (χ4n) is 5.38. The Morgan fingerprint density at radius 2 is 1.74 bits per heavy atom. The predicted octanol–water partition coefficient (Wildman–Crippen LogP) is 3.37. The molecular formula is C32H51N3O8. The maximum absolute atomic E-state index is 13.0. The summed E-state index contributed by atoms with van der Waals surface area (Å²) in [6.07, 6.45) is 7.74. The number of hydrogen-bond donors (Lipinski definition) is 2. The number of likely N-dealkylation sites (N-methyl/N-ethyl adjacent to an activating group) is 1. The molecule has 3 aliphatic rings. The Morgan fingerprint density at radius 1 is 1.02 bits per heavy atom. The van der Waals surface area contributed by atoms with Crippen LogP contribution in [0.4, 0.5) is 9.59 Å². The molecule has 0 bridgehead atoms. The van der Waals surface area contributed by atoms with Gasteiger partial charge in [0.05, 0.1) is 25.2 Å². The van der Waals surface area contributed by atoms with Gasteiger partial charge in [-0.15, -0.1) is 0 Å². The average Bonchev–Trinajstić information content (AvgIpc) is 3.41. The lowest BCUT2D eigenvalue weighted by atomic mass is 9.92. The minimum Gasteiger partial charge on any atom is -0.457 e. The normalized spacial score (nSPS) is 31.6. The van der Waals surface area contributed by atoms with Crippen molar-refractivity contribution >= 4 is 18.2 Å². The summed E-state index contributed by atoms with van der Waals surface area (Å²) in [4.78, 5) is 43.3. The molecular weight excluding hydrogens is 554 g/mol. The Morgan fingerprint density at radius 3 is 2.42 bits per heavy atom. The molecule has 3 heterocycles. The number of ether oxygens (including phenoxy) is 3. The summed E-state index contributed by atoms with van der Waals surface area (Å²) >= 11 is 0. The number of carbonyl (C=O) groups excluding carboxylic acids is 3. The third-order valence-corrected chi connectivity index (χ3v) is 8.40. The smallest absolute Gasteiger partial charge is 0.410 e. The minimum atomic E-state index is -0.847. The first-order valence-corrected chi connectivity index (χ1v) is 15.6. The van der Waals surface area contributed by atoms with E-state index in [1.165, 1.54) is 4.90 Å². The predicted molar refractivity (Wildman–Crippen MR) is 162 cm³/mol. The zero-order valence-electron chi connectivity index (χ0n) is 26.4. The van der Waals surface area contributed by atoms with Crippen molar-refractivity contribution in [2.45, 2.75) is 77.8 Å². The first kappa shape index (κ1) is 34.6. The molecule has 0 aromatic heterocycles. The molecule has 0 aliphatic carbocycles. The summed E-state index contributed by atoms with van der Waals surface area (Å²) in [5.41, 5.74) is 0.808. The highest BCUT2D eigenvalue weighted by atomic mass is 16.6. The van der Waals surface area contributed by atoms with E-state index in [9.17, 15) is 24.6 Å². The molecule has 11 heteroatoms. The molecule has 0 unspecified atom stereocenters. The molecule has 43 heavy (non-hydrogen) atoms. The van der Waals surface area contributed by atoms with E-state index in [2.05, 4.69) is 4.90 Å². The summed E-state index contributed by atoms with van der Waals surface area (Å²) in [7, 11) is 2.03. The van der Waals surface area contributed by atoms with Crippen LogP contribution in [0.2, 0.25) is 0 Å². The van der Waals surface area contributed by atoms with Crippen LogP contribution in [0.1, 0.15) is 53.4 Å². The zero-order chi connectivity index (χ0) is 31.5. The number of nitrogens with zero attached hydrogens (tertiary/aromatic N) is 3. The van der Waals surface area contributed by atoms with Crippen LogP contribution in [0.3, 0.4) is 0 Å². The number of carbonyl (C=O) groups is 3. The van der Waals surface area contributed by atoms with Gasteiger partial charge in [-0.25, -0.2) is 9.59 Å². The fraction of sp³-hybridized carbons (Fsp3) is 0.719. The van der Waals surface area contributed by atoms with Gasteiger partial charge in [0.15, 0.2) is 0 Å². The molecule has 0 saturated carbocycles. The van der Waals surface area contributed by atoms with E-state index in [4.69, 9.17) is 14.2 Å². The number of amides is 2. The Balaban J connectivity index is 1.66. The maximum atomic E-state index is 13.0. The van der Waals surface area contributed by atoms with Gasteiger partial charge in [-0.1, -0.05) is 45.1 Å². The quantitative estimate of drug-likeness (QED) is 0.203. The van der Waals surface area contributed by atoms with Crippen molar-refractivity contribution in [3.8, 4) is 0 Å². The molecule has 2 saturated heterocycles. The van der Waals surface area contributed by atoms with Gasteiger partial charge in [0.25, 0.3) is 0 Å². The van der Waals surface area contributed by atoms with Gasteiger partial charge < -0.3 is 39.1 Å². The second-order valence-electron chi connectivity index (χ2n) is 12.4. The molecule has 2 N–H and O–H groups in total. The number of piperazine rings is 1. The molecule has 3 aliphatic heterocycles. The van der Waals surface area contributed by atoms with Crippen LogP contribution >= 0.6 is 0 Å². The molecule has 0 aromatic rings. The van der Waals surface area contributed by atoms with Crippen LogP contribution in [0, 0.1) is 17.8 Å². The maximum Gasteiger partial charge on any atom is 0.410 e. The van der Waals surface area contributed by atoms with Crippen LogP contribution < -0.4 is 0 Å². The Labute approximate surface area is 256 Å². The van der Waals surface area contributed by atoms with Gasteiger partial charge in [0.1, 0.15) is 12.2 Å². The van der Waals surface area contributed by atoms with Gasteiger partial charge >= 0.3 is 18.2 Å². The lowest BCUT2D eigenvalue weighted by Gasteiger charge is -2.33. The SMILES string of the molecule is C/C(=C\C=C\[C@@H](C)COC(=O)N1CC[C@@H](O)C1)[C@H]1OC(=O)C[C@@H](O)CC[C@@H](C)[C@@H](OC(=O)N2CCN(C)CC2)/C=C\[C@@H]1C. The molecule has 2 amide bonds. The summed E-state index contributed by atoms with van der Waals surface area (Å²) in [6, 6.07) is 0. The van der Waals surface area contributed by atoms with Crippen molar-refractivity contribution in [1.82, 2.24) is 14.7 Å². The van der Waals surface area contributed by atoms with Crippen molar-refractivity contribution < 1.29 is 38.8 Å². The molecule has 0 aromatic carbocycles. The Bertz CT molecular complexity index is 1020. The first-order chi connectivity index (χ1) is 20.4. The number of rotatable bonds is 6. The van der Waals surface area contributed by atoms with Crippen LogP contribution in [0.15, 0.2) is 36.0 Å². The lowest BCUT2D eigenvalue weighted by molar-refractivity contribution is -0.151. The van der Waals surface area contributed by atoms with E-state index < -0.39 is 36.5 Å². The van der Waals surface area contributed by atoms with Crippen LogP contribution in [0.25, 0.3) is 0 Å². The number of likely N-dealkylation sites (tertiary alicyclic amines) is 1. The van der Waals surface area contributed by atoms with E-state index in [1.807, 2.05) is 65.1 Å². The lowest BCUT2D eigenvalue weighted by Crippen LogP contribution is -2.48. The van der Waals surface area contributed by atoms with E-state index in [-0.39, 0.29) is 36.9 Å². The van der Waals surface area contributed by atoms with Crippen molar-refractivity contribution in [3.63, 3.8) is 0 Å². The largest absolute Gasteiger partial charge is 0.457 e. The second kappa shape index (κ2) is 16.8. The highest BCUT2D eigenvalue weighted by Gasteiger charge is 2.29. The Hall–Kier alpha value is -2.89. The van der Waals surface area contributed by atoms with Gasteiger partial charge in [0, 0.05) is 51.1 Å². The Kier molecular flexibility index (Phi) is 13.5. The van der Waals surface area contributed by atoms with Gasteiger partial charge in [-0.05, 0) is 50.8 Å². The molecule has 11 nitrogen and oxygen atoms in total. The standard InChI is InChI=1S/C32H51N3O8/c1-22(21-41-31(39)35-14-13-27(37)20-35)7-6-8-24(3)30-25(4)10-12-28(23(2)9-11-26(36)19-29(38)43-30)42-32(40)34-17-15-33(5)16-18-34/h6-8,10,12,22-23,25-28,30,36-37H,9,11,13-21H2,1-5H3/b7-6+,12-10-,24-8+/t22-,23-,25+,26+,27-,28+,30-/m1/s1. The van der Waals surface area contributed by atoms with Crippen LogP contribution in [-0.4, -0.2) is 120 Å². The minimum absolute atomic E-state index is 0.0471. The number of β-amino-alcohol motifs (C(OH)–C–C–N with tert-alkyl or cyclic N) is 1. The number of aliphatic hydroxyl groups is 2. The molecule has 242 valence electrons. The molecule has 7 atom stereocenters. The first-order valence-electron chi connectivity index (χ1n) is 15.6. The molecule has 0 radical (unpaired) electrons. The van der Waals surface area contributed by atoms with E-state index in [0.717, 1.165) is 18.7 Å². The molecule has 2 fully saturated rings. The van der Waals surface area contributed by atoms with Crippen molar-refractivity contribution in [2.24, 2.45) is 17.8 Å². The van der Waals surface area contributed by atoms with E-state index in [0.29, 0.717) is 45.4 Å². The van der Waals surface area contributed by atoms with Gasteiger partial charge in [0.2, 0.25) is 0 Å². The molecule has 0 spiro atoms. The van der Waals surface area contributed by atoms with Crippen molar-refractivity contribution in [3.05, 3.63) is 36.0 Å². The number of cyclic esters (lactones) is 1. The number of allylic oxidation sites excluding steroid dienone is 2. The summed E-state index contributed by atoms with van der Waals surface area (Å²) in [5, 5.41) is 20.1. The summed E-state index contributed by atoms with van der Waals surface area (Å²) < 4.78 is 17.2. The van der Waals surface area contributed by atoms with Gasteiger partial charge in [-0.2, -0.15) is 0 Å². The topological polar surface area (TPSA) is 129 Å². The second-order valence-corrected chi connectivity index (χ2v) is 12.4. The van der Waals surface area contributed by atoms with Crippen molar-refractivity contribution in [1.29, 1.82) is 0 Å². The van der Waals surface area contributed by atoms with Crippen molar-refractivity contribution in [2.75, 3.05) is 52.9 Å². The average molecular weight is 606 g/mol. The highest BCUT2D eigenvalue weighted by molar-refractivity contribution is 5.70. The fourth-order valence-corrected chi connectivity index (χ4v) is 5.38. The zero-order valence-corrected chi connectivity index (χ0v) is 26.4. The molecule has 3 rings (SSSR count). The van der Waals surface area contributed by atoms with Crippen LogP contribution in [-0.2, 0) is 19.0 Å². The number of esters is 1. The highest BCUT2D eigenvalue weighted by Crippen LogP contribution is 2.25. The van der Waals surface area contributed by atoms with Gasteiger partial charge in [-0.3, -0.25) is 4.79 Å². The summed E-state index contributed by atoms with van der Waals surface area (Å²) in [5.74, 6) is -0.789. The van der Waals surface area contributed by atoms with E-state index in [1.54, 1.807) is 4.90 Å². The monoisotopic (exact) mass is 605 g/mol. The van der Waals surface area contributed by atoms with E-state index >= 15 is 0 Å². The van der Waals surface area contributed by atoms with Crippen LogP contribution in [0.5, 0.6) is 0 Å². The third kappa shape index (κ3) is 11.3. The number of aliphatic hydroxyl groups excluding tert-OH is 2. The summed E-state index contributed by atoms with van der Waals surface area (Å²) in [6.45, 7) is 11.6. The number of hydrogen-bond acceptors (Lipinski definition) is 9. The third-order valence-electron chi connectivity index (χ3n) is 8.40.